The van der Waals surface area contributed by atoms with Crippen molar-refractivity contribution in [2.24, 2.45) is 5.92 Å². The van der Waals surface area contributed by atoms with Crippen molar-refractivity contribution in [1.29, 1.82) is 0 Å². The fourth-order valence-electron chi connectivity index (χ4n) is 1.84. The van der Waals surface area contributed by atoms with E-state index in [1.54, 1.807) is 11.3 Å². The molecule has 15 heavy (non-hydrogen) atoms. The molecule has 0 radical (unpaired) electrons. The van der Waals surface area contributed by atoms with Gasteiger partial charge in [0.25, 0.3) is 0 Å². The third-order valence-corrected chi connectivity index (χ3v) is 4.01. The summed E-state index contributed by atoms with van der Waals surface area (Å²) >= 11 is 1.74. The summed E-state index contributed by atoms with van der Waals surface area (Å²) in [5.41, 5.74) is 1.30. The van der Waals surface area contributed by atoms with Crippen LogP contribution in [0, 0.1) is 12.8 Å². The Morgan fingerprint density at radius 2 is 2.47 bits per heavy atom. The van der Waals surface area contributed by atoms with Crippen molar-refractivity contribution >= 4 is 17.3 Å². The number of nitrogens with zero attached hydrogens (tertiary/aromatic N) is 1. The first-order chi connectivity index (χ1) is 7.09. The largest absolute Gasteiger partial charge is 0.481 e. The van der Waals surface area contributed by atoms with E-state index in [9.17, 15) is 4.79 Å². The maximum Gasteiger partial charge on any atom is 0.308 e. The minimum atomic E-state index is -0.658. The Morgan fingerprint density at radius 3 is 2.93 bits per heavy atom. The number of rotatable bonds is 4. The van der Waals surface area contributed by atoms with Crippen molar-refractivity contribution < 1.29 is 9.90 Å². The second-order valence-electron chi connectivity index (χ2n) is 4.19. The molecule has 1 heterocycles. The van der Waals surface area contributed by atoms with Crippen LogP contribution in [0.15, 0.2) is 11.4 Å². The van der Waals surface area contributed by atoms with Gasteiger partial charge in [-0.15, -0.1) is 11.3 Å². The molecule has 0 bridgehead atoms. The molecule has 0 aliphatic heterocycles. The minimum Gasteiger partial charge on any atom is -0.481 e. The Labute approximate surface area is 93.3 Å². The van der Waals surface area contributed by atoms with E-state index >= 15 is 0 Å². The predicted octanol–water partition coefficient (Wildman–Crippen LogP) is 1.96. The normalized spacial score (nSPS) is 24.5. The molecule has 4 heteroatoms. The third kappa shape index (κ3) is 2.21. The number of aliphatic carboxylic acids is 1. The minimum absolute atomic E-state index is 0.143. The lowest BCUT2D eigenvalue weighted by atomic mass is 10.3. The first kappa shape index (κ1) is 10.6. The lowest BCUT2D eigenvalue weighted by molar-refractivity contribution is -0.138. The van der Waals surface area contributed by atoms with Crippen LogP contribution in [0.2, 0.25) is 0 Å². The van der Waals surface area contributed by atoms with E-state index in [1.165, 1.54) is 10.4 Å². The van der Waals surface area contributed by atoms with Crippen molar-refractivity contribution in [2.45, 2.75) is 25.9 Å². The highest BCUT2D eigenvalue weighted by Crippen LogP contribution is 2.36. The molecule has 2 unspecified atom stereocenters. The lowest BCUT2D eigenvalue weighted by Crippen LogP contribution is -2.23. The van der Waals surface area contributed by atoms with Gasteiger partial charge in [0.05, 0.1) is 5.92 Å². The van der Waals surface area contributed by atoms with Crippen LogP contribution in [-0.2, 0) is 11.3 Å². The second kappa shape index (κ2) is 3.94. The van der Waals surface area contributed by atoms with Crippen LogP contribution in [0.1, 0.15) is 16.9 Å². The van der Waals surface area contributed by atoms with Crippen LogP contribution < -0.4 is 0 Å². The average Bonchev–Trinajstić information content (AvgIpc) is 2.88. The Balaban J connectivity index is 1.92. The van der Waals surface area contributed by atoms with Crippen molar-refractivity contribution in [3.8, 4) is 0 Å². The Hall–Kier alpha value is -0.870. The van der Waals surface area contributed by atoms with E-state index in [0.717, 1.165) is 13.0 Å². The monoisotopic (exact) mass is 225 g/mol. The second-order valence-corrected chi connectivity index (χ2v) is 5.19. The van der Waals surface area contributed by atoms with Crippen LogP contribution in [0.3, 0.4) is 0 Å². The molecule has 0 spiro atoms. The Morgan fingerprint density at radius 1 is 1.73 bits per heavy atom. The first-order valence-corrected chi connectivity index (χ1v) is 5.93. The van der Waals surface area contributed by atoms with Gasteiger partial charge in [-0.05, 0) is 37.4 Å². The van der Waals surface area contributed by atoms with E-state index in [-0.39, 0.29) is 12.0 Å². The predicted molar refractivity (Wildman–Crippen MR) is 60.1 cm³/mol. The molecule has 82 valence electrons. The summed E-state index contributed by atoms with van der Waals surface area (Å²) in [5.74, 6) is -0.801. The summed E-state index contributed by atoms with van der Waals surface area (Å²) in [6.45, 7) is 2.97. The summed E-state index contributed by atoms with van der Waals surface area (Å²) < 4.78 is 0. The van der Waals surface area contributed by atoms with Gasteiger partial charge in [-0.1, -0.05) is 0 Å². The average molecular weight is 225 g/mol. The van der Waals surface area contributed by atoms with Crippen molar-refractivity contribution in [2.75, 3.05) is 7.05 Å². The molecular formula is C11H15NO2S. The molecule has 1 aromatic rings. The molecule has 1 aliphatic rings. The van der Waals surface area contributed by atoms with Gasteiger partial charge in [0, 0.05) is 17.5 Å². The number of carbonyl (C=O) groups is 1. The lowest BCUT2D eigenvalue weighted by Gasteiger charge is -2.15. The summed E-state index contributed by atoms with van der Waals surface area (Å²) in [4.78, 5) is 14.2. The highest BCUT2D eigenvalue weighted by Gasteiger charge is 2.45. The maximum atomic E-state index is 10.7. The molecule has 0 saturated heterocycles. The molecule has 1 saturated carbocycles. The van der Waals surface area contributed by atoms with E-state index < -0.39 is 5.97 Å². The Kier molecular flexibility index (Phi) is 2.80. The van der Waals surface area contributed by atoms with Gasteiger partial charge in [0.2, 0.25) is 0 Å². The molecule has 1 N–H and O–H groups in total. The molecule has 2 atom stereocenters. The molecule has 0 aromatic carbocycles. The van der Waals surface area contributed by atoms with Crippen LogP contribution in [0.5, 0.6) is 0 Å². The highest BCUT2D eigenvalue weighted by atomic mass is 32.1. The zero-order valence-electron chi connectivity index (χ0n) is 8.93. The van der Waals surface area contributed by atoms with Gasteiger partial charge < -0.3 is 5.11 Å². The molecule has 1 aromatic heterocycles. The van der Waals surface area contributed by atoms with Crippen LogP contribution in [0.25, 0.3) is 0 Å². The number of carboxylic acids is 1. The van der Waals surface area contributed by atoms with E-state index in [2.05, 4.69) is 23.3 Å². The van der Waals surface area contributed by atoms with Gasteiger partial charge >= 0.3 is 5.97 Å². The molecule has 1 aliphatic carbocycles. The van der Waals surface area contributed by atoms with Gasteiger partial charge in [0.1, 0.15) is 0 Å². The summed E-state index contributed by atoms with van der Waals surface area (Å²) in [6.07, 6.45) is 0.802. The zero-order chi connectivity index (χ0) is 11.0. The summed E-state index contributed by atoms with van der Waals surface area (Å²) in [6, 6.07) is 2.35. The van der Waals surface area contributed by atoms with E-state index in [1.807, 2.05) is 7.05 Å². The smallest absolute Gasteiger partial charge is 0.308 e. The number of carboxylic acid groups (broad SMARTS) is 1. The van der Waals surface area contributed by atoms with Crippen LogP contribution in [-0.4, -0.2) is 29.1 Å². The third-order valence-electron chi connectivity index (χ3n) is 3.00. The topological polar surface area (TPSA) is 40.5 Å². The summed E-state index contributed by atoms with van der Waals surface area (Å²) in [5, 5.41) is 10.9. The van der Waals surface area contributed by atoms with Crippen LogP contribution in [0.4, 0.5) is 0 Å². The van der Waals surface area contributed by atoms with E-state index in [4.69, 9.17) is 5.11 Å². The highest BCUT2D eigenvalue weighted by molar-refractivity contribution is 7.10. The number of hydrogen-bond acceptors (Lipinski definition) is 3. The quantitative estimate of drug-likeness (QED) is 0.851. The fourth-order valence-corrected chi connectivity index (χ4v) is 2.81. The SMILES string of the molecule is Cc1ccsc1CN(C)C1CC1C(=O)O. The molecular weight excluding hydrogens is 210 g/mol. The summed E-state index contributed by atoms with van der Waals surface area (Å²) in [7, 11) is 2.01. The molecule has 2 rings (SSSR count). The number of thiophene rings is 1. The molecule has 0 amide bonds. The first-order valence-electron chi connectivity index (χ1n) is 5.05. The standard InChI is InChI=1S/C11H15NO2S/c1-7-3-4-15-10(7)6-12(2)9-5-8(9)11(13)14/h3-4,8-9H,5-6H2,1-2H3,(H,13,14). The fraction of sp³-hybridized carbons (Fsp3) is 0.545. The van der Waals surface area contributed by atoms with Gasteiger partial charge in [0.15, 0.2) is 0 Å². The van der Waals surface area contributed by atoms with Crippen molar-refractivity contribution in [1.82, 2.24) is 4.90 Å². The Bertz CT molecular complexity index is 374. The van der Waals surface area contributed by atoms with Gasteiger partial charge in [-0.2, -0.15) is 0 Å². The number of hydrogen-bond donors (Lipinski definition) is 1. The van der Waals surface area contributed by atoms with Crippen LogP contribution >= 0.6 is 11.3 Å². The molecule has 1 fully saturated rings. The van der Waals surface area contributed by atoms with E-state index in [0.29, 0.717) is 0 Å². The van der Waals surface area contributed by atoms with Gasteiger partial charge in [-0.3, -0.25) is 9.69 Å². The molecule has 3 nitrogen and oxygen atoms in total. The zero-order valence-corrected chi connectivity index (χ0v) is 9.75. The maximum absolute atomic E-state index is 10.7. The van der Waals surface area contributed by atoms with Gasteiger partial charge in [-0.25, -0.2) is 0 Å². The van der Waals surface area contributed by atoms with Crippen molar-refractivity contribution in [3.63, 3.8) is 0 Å². The number of aryl methyl sites for hydroxylation is 1. The van der Waals surface area contributed by atoms with Crippen molar-refractivity contribution in [3.05, 3.63) is 21.9 Å².